The van der Waals surface area contributed by atoms with E-state index in [1.807, 2.05) is 13.8 Å². The lowest BCUT2D eigenvalue weighted by atomic mass is 9.77. The summed E-state index contributed by atoms with van der Waals surface area (Å²) in [6.07, 6.45) is 19.0. The zero-order valence-corrected chi connectivity index (χ0v) is 46.4. The van der Waals surface area contributed by atoms with Crippen LogP contribution in [-0.2, 0) is 63.7 Å². The van der Waals surface area contributed by atoms with Crippen molar-refractivity contribution in [1.29, 1.82) is 0 Å². The van der Waals surface area contributed by atoms with Crippen molar-refractivity contribution in [2.24, 2.45) is 23.0 Å². The predicted octanol–water partition coefficient (Wildman–Crippen LogP) is 8.63. The Balaban J connectivity index is 0.00000313. The van der Waals surface area contributed by atoms with Crippen LogP contribution in [0.2, 0.25) is 0 Å². The standard InChI is InChI=1S/C44H71N3O13.C13H26O2/c1-5-7-8-9-11-36(49)28-34(42(54)55)15-18-39(52)46-21-23-58-25-26-59-30-37(50)12-10-22-57-24-27-60-31-40(53)47-41(32(3)6-2)38(51)19-20-44(4,43(45)56)29-33-13-16-35(48)17-14-33;1-2-3-4-5-6-7-8-9-10-11-12-13(14)15/h13-14,16-17,32,34,41,48H,5-12,15,18-31H2,1-4H3,(H2,45,56)(H,46,52)(H,47,53)(H,54,55);2-12H2,1H3,(H,14,15)/t32-,34+,41-,44-;/m0./s1. The van der Waals surface area contributed by atoms with Crippen LogP contribution >= 0.6 is 0 Å². The molecule has 0 aliphatic rings. The first-order chi connectivity index (χ1) is 35.9. The molecule has 7 N–H and O–H groups in total. The van der Waals surface area contributed by atoms with Crippen molar-refractivity contribution in [2.75, 3.05) is 59.4 Å². The summed E-state index contributed by atoms with van der Waals surface area (Å²) in [6.45, 7) is 11.0. The molecule has 0 heterocycles. The Labute approximate surface area is 448 Å². The first-order valence-corrected chi connectivity index (χ1v) is 27.8. The van der Waals surface area contributed by atoms with Gasteiger partial charge in [0.25, 0.3) is 0 Å². The lowest BCUT2D eigenvalue weighted by Gasteiger charge is -2.28. The number of hydrogen-bond acceptors (Lipinski definition) is 13. The molecule has 1 aromatic rings. The minimum atomic E-state index is -1.07. The molecule has 0 saturated heterocycles. The van der Waals surface area contributed by atoms with Crippen LogP contribution in [0.5, 0.6) is 5.75 Å². The monoisotopic (exact) mass is 1060 g/mol. The fraction of sp³-hybridized carbons (Fsp3) is 0.754. The van der Waals surface area contributed by atoms with Gasteiger partial charge < -0.3 is 50.6 Å². The number of phenols is 1. The summed E-state index contributed by atoms with van der Waals surface area (Å²) in [5.41, 5.74) is 5.53. The number of unbranched alkanes of at least 4 members (excludes halogenated alkanes) is 12. The van der Waals surface area contributed by atoms with Gasteiger partial charge in [0.05, 0.1) is 50.4 Å². The number of rotatable bonds is 49. The number of amides is 3. The molecule has 0 fully saturated rings. The predicted molar refractivity (Wildman–Crippen MR) is 288 cm³/mol. The molecular formula is C57H97N3O15. The van der Waals surface area contributed by atoms with Crippen LogP contribution in [0.3, 0.4) is 0 Å². The Hall–Kier alpha value is -4.78. The van der Waals surface area contributed by atoms with Crippen molar-refractivity contribution >= 4 is 47.0 Å². The van der Waals surface area contributed by atoms with Gasteiger partial charge in [0, 0.05) is 51.7 Å². The molecule has 3 amide bonds. The summed E-state index contributed by atoms with van der Waals surface area (Å²) in [4.78, 5) is 96.4. The van der Waals surface area contributed by atoms with E-state index in [2.05, 4.69) is 24.5 Å². The topological polar surface area (TPSA) is 284 Å². The maximum atomic E-state index is 13.3. The average molecular weight is 1060 g/mol. The summed E-state index contributed by atoms with van der Waals surface area (Å²) >= 11 is 0. The number of Topliss-reactive ketones (excluding diaryl/α,β-unsaturated/α-hetero) is 3. The number of ketones is 3. The molecule has 1 rings (SSSR count). The summed E-state index contributed by atoms with van der Waals surface area (Å²) in [5.74, 6) is -4.33. The number of hydrogen-bond donors (Lipinski definition) is 6. The largest absolute Gasteiger partial charge is 0.508 e. The molecule has 0 unspecified atom stereocenters. The summed E-state index contributed by atoms with van der Waals surface area (Å²) in [7, 11) is 0. The second-order valence-corrected chi connectivity index (χ2v) is 19.9. The Bertz CT molecular complexity index is 1740. The first-order valence-electron chi connectivity index (χ1n) is 27.8. The molecule has 0 aliphatic carbocycles. The highest BCUT2D eigenvalue weighted by Gasteiger charge is 2.34. The van der Waals surface area contributed by atoms with E-state index in [1.165, 1.54) is 63.5 Å². The second-order valence-electron chi connectivity index (χ2n) is 19.9. The van der Waals surface area contributed by atoms with Crippen LogP contribution in [-0.4, -0.2) is 128 Å². The minimum absolute atomic E-state index is 0.00190. The smallest absolute Gasteiger partial charge is 0.306 e. The highest BCUT2D eigenvalue weighted by Crippen LogP contribution is 2.30. The number of nitrogens with one attached hydrogen (secondary N) is 2. The first kappa shape index (κ1) is 70.2. The fourth-order valence-electron chi connectivity index (χ4n) is 8.00. The second kappa shape index (κ2) is 45.4. The number of phenolic OH excluding ortho intramolecular Hbond substituents is 1. The van der Waals surface area contributed by atoms with Crippen LogP contribution in [0.15, 0.2) is 24.3 Å². The van der Waals surface area contributed by atoms with Gasteiger partial charge in [-0.3, -0.25) is 38.4 Å². The summed E-state index contributed by atoms with van der Waals surface area (Å²) in [6, 6.07) is 5.71. The molecule has 18 nitrogen and oxygen atoms in total. The average Bonchev–Trinajstić information content (AvgIpc) is 3.37. The lowest BCUT2D eigenvalue weighted by molar-refractivity contribution is -0.144. The van der Waals surface area contributed by atoms with Crippen LogP contribution in [0.25, 0.3) is 0 Å². The van der Waals surface area contributed by atoms with Crippen LogP contribution in [0.4, 0.5) is 0 Å². The Kier molecular flexibility index (Phi) is 42.5. The maximum absolute atomic E-state index is 13.3. The van der Waals surface area contributed by atoms with Gasteiger partial charge in [-0.15, -0.1) is 0 Å². The number of ether oxygens (including phenoxy) is 4. The van der Waals surface area contributed by atoms with E-state index in [1.54, 1.807) is 19.1 Å². The molecule has 0 bridgehead atoms. The van der Waals surface area contributed by atoms with Crippen molar-refractivity contribution in [3.05, 3.63) is 29.8 Å². The van der Waals surface area contributed by atoms with Gasteiger partial charge in [0.2, 0.25) is 17.7 Å². The van der Waals surface area contributed by atoms with E-state index in [4.69, 9.17) is 29.8 Å². The molecule has 0 radical (unpaired) electrons. The molecule has 0 aromatic heterocycles. The number of carbonyl (C=O) groups excluding carboxylic acids is 6. The minimum Gasteiger partial charge on any atom is -0.508 e. The molecule has 1 aromatic carbocycles. The van der Waals surface area contributed by atoms with Crippen molar-refractivity contribution in [3.8, 4) is 5.75 Å². The molecule has 18 heteroatoms. The van der Waals surface area contributed by atoms with E-state index < -0.39 is 41.1 Å². The van der Waals surface area contributed by atoms with Crippen molar-refractivity contribution in [3.63, 3.8) is 0 Å². The number of aromatic hydroxyl groups is 1. The summed E-state index contributed by atoms with van der Waals surface area (Å²) < 4.78 is 21.7. The molecule has 0 spiro atoms. The van der Waals surface area contributed by atoms with Gasteiger partial charge in [-0.2, -0.15) is 0 Å². The Morgan fingerprint density at radius 2 is 1.15 bits per heavy atom. The van der Waals surface area contributed by atoms with Gasteiger partial charge >= 0.3 is 11.9 Å². The number of carboxylic acid groups (broad SMARTS) is 2. The molecule has 0 aliphatic heterocycles. The highest BCUT2D eigenvalue weighted by molar-refractivity contribution is 5.90. The SMILES string of the molecule is CCCCCCC(=O)C[C@@H](CCC(=O)NCCOCCOCC(=O)CCCOCCOCC(=O)N[C@H](C(=O)CC[C@@](C)(Cc1ccc(O)cc1)C(N)=O)[C@@H](C)CC)C(=O)O.CCCCCCCCCCCCC(=O)O. The van der Waals surface area contributed by atoms with Gasteiger partial charge in [-0.1, -0.05) is 130 Å². The molecule has 0 saturated carbocycles. The highest BCUT2D eigenvalue weighted by atomic mass is 16.5. The molecular weight excluding hydrogens is 967 g/mol. The fourth-order valence-corrected chi connectivity index (χ4v) is 8.00. The number of aliphatic carboxylic acids is 2. The van der Waals surface area contributed by atoms with E-state index in [0.717, 1.165) is 44.1 Å². The Morgan fingerprint density at radius 1 is 0.613 bits per heavy atom. The third-order valence-corrected chi connectivity index (χ3v) is 13.1. The number of carboxylic acids is 2. The van der Waals surface area contributed by atoms with Crippen molar-refractivity contribution in [2.45, 2.75) is 201 Å². The number of primary amides is 1. The molecule has 4 atom stereocenters. The summed E-state index contributed by atoms with van der Waals surface area (Å²) in [5, 5.41) is 32.9. The zero-order chi connectivity index (χ0) is 56.1. The van der Waals surface area contributed by atoms with E-state index in [0.29, 0.717) is 38.7 Å². The van der Waals surface area contributed by atoms with Crippen LogP contribution in [0.1, 0.15) is 194 Å². The van der Waals surface area contributed by atoms with Gasteiger partial charge in [-0.25, -0.2) is 0 Å². The third kappa shape index (κ3) is 39.3. The quantitative estimate of drug-likeness (QED) is 0.0333. The van der Waals surface area contributed by atoms with E-state index in [-0.39, 0.29) is 126 Å². The van der Waals surface area contributed by atoms with Crippen LogP contribution in [0, 0.1) is 17.3 Å². The van der Waals surface area contributed by atoms with E-state index in [9.17, 15) is 48.6 Å². The van der Waals surface area contributed by atoms with Crippen LogP contribution < -0.4 is 16.4 Å². The zero-order valence-electron chi connectivity index (χ0n) is 46.4. The van der Waals surface area contributed by atoms with E-state index >= 15 is 0 Å². The Morgan fingerprint density at radius 3 is 1.72 bits per heavy atom. The van der Waals surface area contributed by atoms with Gasteiger partial charge in [0.1, 0.15) is 24.7 Å². The van der Waals surface area contributed by atoms with Gasteiger partial charge in [0.15, 0.2) is 11.6 Å². The van der Waals surface area contributed by atoms with Gasteiger partial charge in [-0.05, 0) is 62.1 Å². The van der Waals surface area contributed by atoms with Crippen molar-refractivity contribution in [1.82, 2.24) is 10.6 Å². The maximum Gasteiger partial charge on any atom is 0.306 e. The number of nitrogens with two attached hydrogens (primary N) is 1. The molecule has 430 valence electrons. The third-order valence-electron chi connectivity index (χ3n) is 13.1. The number of carbonyl (C=O) groups is 8. The van der Waals surface area contributed by atoms with Crippen molar-refractivity contribution < 1.29 is 72.6 Å². The lowest BCUT2D eigenvalue weighted by Crippen LogP contribution is -2.47. The number of benzene rings is 1. The molecule has 75 heavy (non-hydrogen) atoms. The normalized spacial score (nSPS) is 13.1.